The van der Waals surface area contributed by atoms with Crippen molar-refractivity contribution in [1.29, 1.82) is 0 Å². The molecule has 0 spiro atoms. The quantitative estimate of drug-likeness (QED) is 0.443. The molecule has 1 atom stereocenters. The van der Waals surface area contributed by atoms with Crippen molar-refractivity contribution in [1.82, 2.24) is 0 Å². The van der Waals surface area contributed by atoms with Gasteiger partial charge in [-0.25, -0.2) is 0 Å². The molecule has 30 heavy (non-hydrogen) atoms. The summed E-state index contributed by atoms with van der Waals surface area (Å²) in [5.41, 5.74) is 2.20. The van der Waals surface area contributed by atoms with Gasteiger partial charge in [0.15, 0.2) is 5.76 Å². The predicted octanol–water partition coefficient (Wildman–Crippen LogP) is 6.08. The van der Waals surface area contributed by atoms with Gasteiger partial charge in [-0.1, -0.05) is 55.8 Å². The van der Waals surface area contributed by atoms with Crippen LogP contribution >= 0.6 is 23.4 Å². The summed E-state index contributed by atoms with van der Waals surface area (Å²) in [6.45, 7) is 4.06. The van der Waals surface area contributed by atoms with Gasteiger partial charge in [0.05, 0.1) is 22.2 Å². The molecule has 5 nitrogen and oxygen atoms in total. The van der Waals surface area contributed by atoms with Gasteiger partial charge in [0, 0.05) is 11.4 Å². The summed E-state index contributed by atoms with van der Waals surface area (Å²) in [5.74, 6) is 0.653. The lowest BCUT2D eigenvalue weighted by atomic mass is 10.1. The van der Waals surface area contributed by atoms with Gasteiger partial charge in [-0.2, -0.15) is 0 Å². The van der Waals surface area contributed by atoms with E-state index in [2.05, 4.69) is 22.8 Å². The number of thioether (sulfide) groups is 1. The zero-order valence-corrected chi connectivity index (χ0v) is 18.3. The van der Waals surface area contributed by atoms with Crippen molar-refractivity contribution in [2.45, 2.75) is 24.9 Å². The SMILES string of the molecule is CC(C)C(SCc1ccccc1)C(=O)Nc1ccc(NC(=O)c2ccco2)c(Cl)c1. The number of hydrogen-bond acceptors (Lipinski definition) is 4. The predicted molar refractivity (Wildman–Crippen MR) is 123 cm³/mol. The van der Waals surface area contributed by atoms with E-state index in [4.69, 9.17) is 16.0 Å². The number of furan rings is 1. The summed E-state index contributed by atoms with van der Waals surface area (Å²) in [7, 11) is 0. The van der Waals surface area contributed by atoms with Crippen LogP contribution in [0.5, 0.6) is 0 Å². The molecule has 2 aromatic carbocycles. The fourth-order valence-electron chi connectivity index (χ4n) is 2.83. The molecule has 0 saturated heterocycles. The van der Waals surface area contributed by atoms with Crippen molar-refractivity contribution < 1.29 is 14.0 Å². The lowest BCUT2D eigenvalue weighted by Crippen LogP contribution is -2.29. The van der Waals surface area contributed by atoms with Gasteiger partial charge in [0.2, 0.25) is 5.91 Å². The smallest absolute Gasteiger partial charge is 0.291 e. The van der Waals surface area contributed by atoms with Crippen LogP contribution in [0.15, 0.2) is 71.3 Å². The Bertz CT molecular complexity index is 991. The number of nitrogens with one attached hydrogen (secondary N) is 2. The van der Waals surface area contributed by atoms with Crippen LogP contribution in [0.2, 0.25) is 5.02 Å². The van der Waals surface area contributed by atoms with Crippen molar-refractivity contribution in [2.75, 3.05) is 10.6 Å². The molecule has 0 aliphatic carbocycles. The number of anilines is 2. The third-order valence-electron chi connectivity index (χ3n) is 4.37. The zero-order chi connectivity index (χ0) is 21.5. The van der Waals surface area contributed by atoms with E-state index in [-0.39, 0.29) is 22.8 Å². The maximum Gasteiger partial charge on any atom is 0.291 e. The lowest BCUT2D eigenvalue weighted by molar-refractivity contribution is -0.116. The topological polar surface area (TPSA) is 71.3 Å². The Kier molecular flexibility index (Phi) is 7.60. The normalized spacial score (nSPS) is 11.9. The first-order valence-electron chi connectivity index (χ1n) is 9.55. The summed E-state index contributed by atoms with van der Waals surface area (Å²) >= 11 is 7.91. The minimum Gasteiger partial charge on any atom is -0.459 e. The van der Waals surface area contributed by atoms with E-state index in [1.165, 1.54) is 11.8 Å². The maximum absolute atomic E-state index is 12.8. The first-order chi connectivity index (χ1) is 14.4. The van der Waals surface area contributed by atoms with Crippen LogP contribution in [0.1, 0.15) is 30.0 Å². The van der Waals surface area contributed by atoms with Crippen LogP contribution in [0, 0.1) is 5.92 Å². The van der Waals surface area contributed by atoms with Crippen LogP contribution in [-0.2, 0) is 10.5 Å². The number of carbonyl (C=O) groups is 2. The minimum atomic E-state index is -0.393. The highest BCUT2D eigenvalue weighted by molar-refractivity contribution is 7.99. The lowest BCUT2D eigenvalue weighted by Gasteiger charge is -2.20. The molecule has 0 radical (unpaired) electrons. The zero-order valence-electron chi connectivity index (χ0n) is 16.7. The van der Waals surface area contributed by atoms with E-state index in [1.807, 2.05) is 32.0 Å². The Morgan fingerprint density at radius 3 is 2.43 bits per heavy atom. The standard InChI is InChI=1S/C23H23ClN2O3S/c1-15(2)21(30-14-16-7-4-3-5-8-16)23(28)25-17-10-11-19(18(24)13-17)26-22(27)20-9-6-12-29-20/h3-13,15,21H,14H2,1-2H3,(H,25,28)(H,26,27). The van der Waals surface area contributed by atoms with E-state index < -0.39 is 5.91 Å². The van der Waals surface area contributed by atoms with Gasteiger partial charge in [0.1, 0.15) is 0 Å². The van der Waals surface area contributed by atoms with E-state index in [1.54, 1.807) is 42.1 Å². The van der Waals surface area contributed by atoms with Crippen LogP contribution in [0.3, 0.4) is 0 Å². The molecule has 1 heterocycles. The molecule has 0 aliphatic rings. The van der Waals surface area contributed by atoms with E-state index in [9.17, 15) is 9.59 Å². The Hall–Kier alpha value is -2.70. The van der Waals surface area contributed by atoms with Gasteiger partial charge >= 0.3 is 0 Å². The van der Waals surface area contributed by atoms with Crippen LogP contribution in [0.4, 0.5) is 11.4 Å². The second kappa shape index (κ2) is 10.4. The second-order valence-electron chi connectivity index (χ2n) is 7.08. The second-order valence-corrected chi connectivity index (χ2v) is 8.61. The molecule has 1 unspecified atom stereocenters. The third kappa shape index (κ3) is 5.90. The first-order valence-corrected chi connectivity index (χ1v) is 11.0. The van der Waals surface area contributed by atoms with Crippen LogP contribution < -0.4 is 10.6 Å². The largest absolute Gasteiger partial charge is 0.459 e. The first kappa shape index (κ1) is 22.0. The minimum absolute atomic E-state index is 0.0747. The molecule has 156 valence electrons. The Labute approximate surface area is 185 Å². The molecule has 0 bridgehead atoms. The summed E-state index contributed by atoms with van der Waals surface area (Å²) in [6, 6.07) is 18.3. The average molecular weight is 443 g/mol. The third-order valence-corrected chi connectivity index (χ3v) is 6.30. The van der Waals surface area contributed by atoms with Gasteiger partial charge in [-0.05, 0) is 41.8 Å². The van der Waals surface area contributed by atoms with E-state index >= 15 is 0 Å². The Morgan fingerprint density at radius 1 is 1.03 bits per heavy atom. The molecule has 0 fully saturated rings. The molecule has 7 heteroatoms. The van der Waals surface area contributed by atoms with Gasteiger partial charge in [-0.3, -0.25) is 9.59 Å². The molecular weight excluding hydrogens is 420 g/mol. The highest BCUT2D eigenvalue weighted by atomic mass is 35.5. The van der Waals surface area contributed by atoms with Crippen molar-refractivity contribution in [3.05, 3.63) is 83.3 Å². The van der Waals surface area contributed by atoms with E-state index in [0.29, 0.717) is 16.4 Å². The number of benzene rings is 2. The van der Waals surface area contributed by atoms with Crippen molar-refractivity contribution >= 4 is 46.6 Å². The number of halogens is 1. The fraction of sp³-hybridized carbons (Fsp3) is 0.217. The van der Waals surface area contributed by atoms with E-state index in [0.717, 1.165) is 5.75 Å². The van der Waals surface area contributed by atoms with Crippen molar-refractivity contribution in [3.63, 3.8) is 0 Å². The van der Waals surface area contributed by atoms with Gasteiger partial charge in [-0.15, -0.1) is 11.8 Å². The molecule has 2 amide bonds. The van der Waals surface area contributed by atoms with Gasteiger partial charge in [0.25, 0.3) is 5.91 Å². The van der Waals surface area contributed by atoms with Crippen LogP contribution in [-0.4, -0.2) is 17.1 Å². The summed E-state index contributed by atoms with van der Waals surface area (Å²) in [6.07, 6.45) is 1.43. The monoisotopic (exact) mass is 442 g/mol. The molecule has 1 aromatic heterocycles. The van der Waals surface area contributed by atoms with Gasteiger partial charge < -0.3 is 15.1 Å². The van der Waals surface area contributed by atoms with Crippen molar-refractivity contribution in [3.8, 4) is 0 Å². The highest BCUT2D eigenvalue weighted by Crippen LogP contribution is 2.28. The molecule has 0 aliphatic heterocycles. The highest BCUT2D eigenvalue weighted by Gasteiger charge is 2.23. The number of carbonyl (C=O) groups excluding carboxylic acids is 2. The van der Waals surface area contributed by atoms with Crippen molar-refractivity contribution in [2.24, 2.45) is 5.92 Å². The summed E-state index contributed by atoms with van der Waals surface area (Å²) < 4.78 is 5.07. The maximum atomic E-state index is 12.8. The molecular formula is C23H23ClN2O3S. The fourth-order valence-corrected chi connectivity index (χ4v) is 4.22. The van der Waals surface area contributed by atoms with Crippen LogP contribution in [0.25, 0.3) is 0 Å². The number of rotatable bonds is 8. The molecule has 3 aromatic rings. The Balaban J connectivity index is 1.62. The summed E-state index contributed by atoms with van der Waals surface area (Å²) in [4.78, 5) is 25.0. The number of amides is 2. The average Bonchev–Trinajstić information content (AvgIpc) is 3.26. The Morgan fingerprint density at radius 2 is 1.80 bits per heavy atom. The number of hydrogen-bond donors (Lipinski definition) is 2. The molecule has 2 N–H and O–H groups in total. The molecule has 3 rings (SSSR count). The molecule has 0 saturated carbocycles. The summed E-state index contributed by atoms with van der Waals surface area (Å²) in [5, 5.41) is 5.74.